The van der Waals surface area contributed by atoms with Gasteiger partial charge in [-0.3, -0.25) is 9.59 Å². The first-order valence-corrected chi connectivity index (χ1v) is 10.1. The van der Waals surface area contributed by atoms with Crippen molar-refractivity contribution in [1.82, 2.24) is 15.2 Å². The van der Waals surface area contributed by atoms with Gasteiger partial charge in [0.1, 0.15) is 17.8 Å². The molecule has 31 heavy (non-hydrogen) atoms. The highest BCUT2D eigenvalue weighted by Crippen LogP contribution is 2.22. The summed E-state index contributed by atoms with van der Waals surface area (Å²) < 4.78 is 23.6. The van der Waals surface area contributed by atoms with Crippen LogP contribution >= 0.6 is 0 Å². The van der Waals surface area contributed by atoms with Gasteiger partial charge in [0.2, 0.25) is 11.8 Å². The van der Waals surface area contributed by atoms with Gasteiger partial charge in [0.15, 0.2) is 0 Å². The number of likely N-dealkylation sites (tertiary alicyclic amines) is 1. The summed E-state index contributed by atoms with van der Waals surface area (Å²) in [4.78, 5) is 30.8. The van der Waals surface area contributed by atoms with Crippen LogP contribution in [0.15, 0.2) is 65.6 Å². The van der Waals surface area contributed by atoms with Crippen LogP contribution in [-0.2, 0) is 11.3 Å². The molecule has 0 saturated carbocycles. The maximum Gasteiger partial charge on any atom is 0.257 e. The number of hydrogen-bond donors (Lipinski definition) is 1. The van der Waals surface area contributed by atoms with E-state index in [1.807, 2.05) is 0 Å². The minimum absolute atomic E-state index is 0.0341. The summed E-state index contributed by atoms with van der Waals surface area (Å²) in [5.41, 5.74) is 1.37. The molecule has 0 aliphatic carbocycles. The number of carbonyl (C=O) groups is 2. The summed E-state index contributed by atoms with van der Waals surface area (Å²) in [6, 6.07) is 10.8. The van der Waals surface area contributed by atoms with Gasteiger partial charge in [0.25, 0.3) is 5.91 Å². The molecule has 1 aliphatic rings. The molecular formula is C23H22FN3O4. The van der Waals surface area contributed by atoms with Gasteiger partial charge in [-0.15, -0.1) is 0 Å². The second-order valence-corrected chi connectivity index (χ2v) is 7.35. The largest absolute Gasteiger partial charge is 0.472 e. The Morgan fingerprint density at radius 3 is 2.65 bits per heavy atom. The third kappa shape index (κ3) is 5.28. The molecule has 1 fully saturated rings. The average Bonchev–Trinajstić information content (AvgIpc) is 3.34. The number of furan rings is 1. The van der Waals surface area contributed by atoms with E-state index < -0.39 is 0 Å². The van der Waals surface area contributed by atoms with Crippen LogP contribution in [0.1, 0.15) is 28.8 Å². The van der Waals surface area contributed by atoms with Crippen molar-refractivity contribution in [2.24, 2.45) is 5.92 Å². The monoisotopic (exact) mass is 423 g/mol. The van der Waals surface area contributed by atoms with Crippen LogP contribution in [0.4, 0.5) is 4.39 Å². The lowest BCUT2D eigenvalue weighted by atomic mass is 9.95. The van der Waals surface area contributed by atoms with Gasteiger partial charge in [0.05, 0.1) is 11.8 Å². The number of halogens is 1. The highest BCUT2D eigenvalue weighted by atomic mass is 19.1. The van der Waals surface area contributed by atoms with Crippen LogP contribution in [0.25, 0.3) is 0 Å². The topological polar surface area (TPSA) is 84.7 Å². The Kier molecular flexibility index (Phi) is 6.26. The van der Waals surface area contributed by atoms with E-state index in [-0.39, 0.29) is 23.5 Å². The van der Waals surface area contributed by atoms with Crippen LogP contribution in [0.2, 0.25) is 0 Å². The number of pyridine rings is 1. The molecule has 4 rings (SSSR count). The minimum Gasteiger partial charge on any atom is -0.472 e. The van der Waals surface area contributed by atoms with E-state index in [2.05, 4.69) is 10.3 Å². The van der Waals surface area contributed by atoms with E-state index in [1.54, 1.807) is 29.3 Å². The van der Waals surface area contributed by atoms with Gasteiger partial charge >= 0.3 is 0 Å². The number of amides is 2. The highest BCUT2D eigenvalue weighted by Gasteiger charge is 2.28. The zero-order valence-electron chi connectivity index (χ0n) is 16.8. The number of ether oxygens (including phenoxy) is 1. The van der Waals surface area contributed by atoms with Crippen LogP contribution in [0.3, 0.4) is 0 Å². The van der Waals surface area contributed by atoms with Gasteiger partial charge < -0.3 is 19.4 Å². The van der Waals surface area contributed by atoms with Gasteiger partial charge in [-0.05, 0) is 54.8 Å². The van der Waals surface area contributed by atoms with Crippen LogP contribution in [0.5, 0.6) is 11.6 Å². The number of benzene rings is 1. The standard InChI is InChI=1S/C23H22FN3O4/c24-19-1-3-20(4-2-19)31-21-13-16(5-9-25-21)14-26-22(28)17-6-10-27(11-7-17)23(29)18-8-12-30-15-18/h1-5,8-9,12-13,15,17H,6-7,10-11,14H2,(H,26,28). The quantitative estimate of drug-likeness (QED) is 0.652. The third-order valence-electron chi connectivity index (χ3n) is 5.22. The Morgan fingerprint density at radius 1 is 1.16 bits per heavy atom. The van der Waals surface area contributed by atoms with Crippen molar-refractivity contribution < 1.29 is 23.1 Å². The number of aromatic nitrogens is 1. The zero-order chi connectivity index (χ0) is 21.6. The average molecular weight is 423 g/mol. The van der Waals surface area contributed by atoms with Gasteiger partial charge in [-0.2, -0.15) is 0 Å². The van der Waals surface area contributed by atoms with E-state index in [9.17, 15) is 14.0 Å². The van der Waals surface area contributed by atoms with Crippen LogP contribution < -0.4 is 10.1 Å². The number of piperidine rings is 1. The maximum atomic E-state index is 13.0. The molecule has 8 heteroatoms. The van der Waals surface area contributed by atoms with E-state index in [4.69, 9.17) is 9.15 Å². The summed E-state index contributed by atoms with van der Waals surface area (Å²) in [6.45, 7) is 1.41. The summed E-state index contributed by atoms with van der Waals surface area (Å²) in [6.07, 6.45) is 5.74. The molecule has 0 atom stereocenters. The molecule has 2 amide bonds. The molecule has 0 radical (unpaired) electrons. The molecular weight excluding hydrogens is 401 g/mol. The van der Waals surface area contributed by atoms with Crippen molar-refractivity contribution >= 4 is 11.8 Å². The second-order valence-electron chi connectivity index (χ2n) is 7.35. The van der Waals surface area contributed by atoms with E-state index in [0.717, 1.165) is 5.56 Å². The SMILES string of the molecule is O=C(NCc1ccnc(Oc2ccc(F)cc2)c1)C1CCN(C(=O)c2ccoc2)CC1. The summed E-state index contributed by atoms with van der Waals surface area (Å²) in [7, 11) is 0. The Hall–Kier alpha value is -3.68. The molecule has 0 spiro atoms. The molecule has 2 aromatic heterocycles. The molecule has 1 aliphatic heterocycles. The van der Waals surface area contributed by atoms with Crippen molar-refractivity contribution in [3.05, 3.63) is 78.1 Å². The van der Waals surface area contributed by atoms with Crippen molar-refractivity contribution in [2.75, 3.05) is 13.1 Å². The van der Waals surface area contributed by atoms with Gasteiger partial charge in [0, 0.05) is 37.8 Å². The lowest BCUT2D eigenvalue weighted by molar-refractivity contribution is -0.126. The summed E-state index contributed by atoms with van der Waals surface area (Å²) in [5, 5.41) is 2.95. The Labute approximate surface area is 178 Å². The van der Waals surface area contributed by atoms with Crippen molar-refractivity contribution in [1.29, 1.82) is 0 Å². The fourth-order valence-electron chi connectivity index (χ4n) is 3.49. The first-order chi connectivity index (χ1) is 15.1. The Bertz CT molecular complexity index is 1030. The number of carbonyl (C=O) groups excluding carboxylic acids is 2. The Morgan fingerprint density at radius 2 is 1.94 bits per heavy atom. The fourth-order valence-corrected chi connectivity index (χ4v) is 3.49. The molecule has 1 saturated heterocycles. The highest BCUT2D eigenvalue weighted by molar-refractivity contribution is 5.94. The lowest BCUT2D eigenvalue weighted by Gasteiger charge is -2.31. The molecule has 3 heterocycles. The van der Waals surface area contributed by atoms with Gasteiger partial charge in [-0.1, -0.05) is 0 Å². The summed E-state index contributed by atoms with van der Waals surface area (Å²) in [5.74, 6) is 0.265. The van der Waals surface area contributed by atoms with Gasteiger partial charge in [-0.25, -0.2) is 9.37 Å². The molecule has 160 valence electrons. The molecule has 7 nitrogen and oxygen atoms in total. The van der Waals surface area contributed by atoms with E-state index >= 15 is 0 Å². The van der Waals surface area contributed by atoms with Crippen molar-refractivity contribution in [2.45, 2.75) is 19.4 Å². The number of nitrogens with zero attached hydrogens (tertiary/aromatic N) is 2. The summed E-state index contributed by atoms with van der Waals surface area (Å²) >= 11 is 0. The molecule has 1 aromatic carbocycles. The minimum atomic E-state index is -0.339. The maximum absolute atomic E-state index is 13.0. The number of rotatable bonds is 6. The van der Waals surface area contributed by atoms with Crippen LogP contribution in [-0.4, -0.2) is 34.8 Å². The molecule has 1 N–H and O–H groups in total. The first-order valence-electron chi connectivity index (χ1n) is 10.1. The normalized spacial score (nSPS) is 14.3. The smallest absolute Gasteiger partial charge is 0.257 e. The predicted molar refractivity (Wildman–Crippen MR) is 110 cm³/mol. The predicted octanol–water partition coefficient (Wildman–Crippen LogP) is 3.77. The fraction of sp³-hybridized carbons (Fsp3) is 0.261. The zero-order valence-corrected chi connectivity index (χ0v) is 16.8. The second kappa shape index (κ2) is 9.42. The van der Waals surface area contributed by atoms with E-state index in [1.165, 1.54) is 36.8 Å². The Balaban J connectivity index is 1.26. The third-order valence-corrected chi connectivity index (χ3v) is 5.22. The molecule has 0 bridgehead atoms. The lowest BCUT2D eigenvalue weighted by Crippen LogP contribution is -2.42. The van der Waals surface area contributed by atoms with Crippen molar-refractivity contribution in [3.8, 4) is 11.6 Å². The van der Waals surface area contributed by atoms with Crippen molar-refractivity contribution in [3.63, 3.8) is 0 Å². The number of hydrogen-bond acceptors (Lipinski definition) is 5. The number of nitrogens with one attached hydrogen (secondary N) is 1. The van der Waals surface area contributed by atoms with Crippen LogP contribution in [0, 0.1) is 11.7 Å². The van der Waals surface area contributed by atoms with E-state index in [0.29, 0.717) is 49.7 Å². The first kappa shape index (κ1) is 20.6. The molecule has 3 aromatic rings. The molecule has 0 unspecified atom stereocenters.